The molecule has 92 valence electrons. The van der Waals surface area contributed by atoms with E-state index in [0.717, 1.165) is 9.35 Å². The summed E-state index contributed by atoms with van der Waals surface area (Å²) >= 11 is 3.12. The summed E-state index contributed by atoms with van der Waals surface area (Å²) < 4.78 is 0.923. The fraction of sp³-hybridized carbons (Fsp3) is 0.800. The van der Waals surface area contributed by atoms with Crippen LogP contribution in [0.5, 0.6) is 0 Å². The van der Waals surface area contributed by atoms with Crippen molar-refractivity contribution < 1.29 is 5.11 Å². The number of β-amino-alcohol motifs (C(OH)–C–C–N with tert-alkyl or cyclic N) is 1. The molecule has 1 aromatic rings. The second-order valence-corrected chi connectivity index (χ2v) is 7.13. The van der Waals surface area contributed by atoms with Gasteiger partial charge in [0.25, 0.3) is 0 Å². The van der Waals surface area contributed by atoms with E-state index < -0.39 is 0 Å². The first-order valence-corrected chi connectivity index (χ1v) is 7.03. The molecule has 2 N–H and O–H groups in total. The van der Waals surface area contributed by atoms with Crippen LogP contribution in [0.2, 0.25) is 0 Å². The summed E-state index contributed by atoms with van der Waals surface area (Å²) in [4.78, 5) is 0. The number of thioether (sulfide) groups is 1. The molecule has 0 amide bonds. The maximum absolute atomic E-state index is 9.75. The third-order valence-electron chi connectivity index (χ3n) is 1.77. The molecule has 0 aliphatic rings. The molecule has 1 heterocycles. The van der Waals surface area contributed by atoms with Crippen molar-refractivity contribution in [3.63, 3.8) is 0 Å². The number of nitrogens with zero attached hydrogens (tertiary/aromatic N) is 2. The molecular formula is C10H19N3OS2. The Bertz CT molecular complexity index is 322. The summed E-state index contributed by atoms with van der Waals surface area (Å²) in [5.74, 6) is 0.651. The van der Waals surface area contributed by atoms with Crippen molar-refractivity contribution in [1.29, 1.82) is 0 Å². The monoisotopic (exact) mass is 261 g/mol. The van der Waals surface area contributed by atoms with Gasteiger partial charge in [0.1, 0.15) is 5.01 Å². The summed E-state index contributed by atoms with van der Waals surface area (Å²) in [5, 5.41) is 21.9. The summed E-state index contributed by atoms with van der Waals surface area (Å²) in [6.07, 6.45) is -0.353. The fourth-order valence-electron chi connectivity index (χ4n) is 0.987. The molecule has 0 fully saturated rings. The van der Waals surface area contributed by atoms with Crippen LogP contribution < -0.4 is 5.32 Å². The second-order valence-electron chi connectivity index (χ2n) is 4.68. The van der Waals surface area contributed by atoms with Crippen LogP contribution in [0.3, 0.4) is 0 Å². The zero-order valence-corrected chi connectivity index (χ0v) is 11.8. The number of aryl methyl sites for hydroxylation is 1. The van der Waals surface area contributed by atoms with Gasteiger partial charge in [-0.05, 0) is 27.7 Å². The van der Waals surface area contributed by atoms with Crippen molar-refractivity contribution in [2.45, 2.75) is 43.7 Å². The standard InChI is InChI=1S/C10H19N3OS2/c1-7-12-13-9(16-7)15-6-8(14)5-11-10(2,3)4/h8,11,14H,5-6H2,1-4H3. The maximum atomic E-state index is 9.75. The lowest BCUT2D eigenvalue weighted by Gasteiger charge is -2.22. The minimum absolute atomic E-state index is 0.0466. The molecule has 0 saturated carbocycles. The van der Waals surface area contributed by atoms with Crippen LogP contribution in [0, 0.1) is 6.92 Å². The van der Waals surface area contributed by atoms with E-state index in [1.165, 1.54) is 0 Å². The van der Waals surface area contributed by atoms with Gasteiger partial charge in [0.2, 0.25) is 0 Å². The molecule has 0 aromatic carbocycles. The van der Waals surface area contributed by atoms with E-state index in [-0.39, 0.29) is 11.6 Å². The maximum Gasteiger partial charge on any atom is 0.174 e. The van der Waals surface area contributed by atoms with Gasteiger partial charge < -0.3 is 10.4 Å². The van der Waals surface area contributed by atoms with E-state index in [4.69, 9.17) is 0 Å². The molecule has 0 aliphatic carbocycles. The molecule has 0 bridgehead atoms. The number of aromatic nitrogens is 2. The molecule has 0 radical (unpaired) electrons. The second kappa shape index (κ2) is 5.95. The predicted octanol–water partition coefficient (Wildman–Crippen LogP) is 1.69. The van der Waals surface area contributed by atoms with Crippen LogP contribution in [0.25, 0.3) is 0 Å². The average molecular weight is 261 g/mol. The smallest absolute Gasteiger partial charge is 0.174 e. The minimum Gasteiger partial charge on any atom is -0.391 e. The Hall–Kier alpha value is -0.170. The van der Waals surface area contributed by atoms with Gasteiger partial charge in [-0.3, -0.25) is 0 Å². The number of aliphatic hydroxyl groups excluding tert-OH is 1. The number of aliphatic hydroxyl groups is 1. The minimum atomic E-state index is -0.353. The van der Waals surface area contributed by atoms with E-state index in [0.29, 0.717) is 12.3 Å². The number of hydrogen-bond acceptors (Lipinski definition) is 6. The van der Waals surface area contributed by atoms with Gasteiger partial charge in [0.15, 0.2) is 4.34 Å². The predicted molar refractivity (Wildman–Crippen MR) is 69.1 cm³/mol. The third kappa shape index (κ3) is 5.79. The van der Waals surface area contributed by atoms with Crippen LogP contribution >= 0.6 is 23.1 Å². The number of rotatable bonds is 5. The van der Waals surface area contributed by atoms with E-state index in [1.807, 2.05) is 6.92 Å². The van der Waals surface area contributed by atoms with Crippen LogP contribution in [0.1, 0.15) is 25.8 Å². The summed E-state index contributed by atoms with van der Waals surface area (Å²) in [7, 11) is 0. The Labute approximate surface area is 105 Å². The Morgan fingerprint density at radius 3 is 2.62 bits per heavy atom. The highest BCUT2D eigenvalue weighted by molar-refractivity contribution is 8.01. The van der Waals surface area contributed by atoms with Gasteiger partial charge in [0.05, 0.1) is 6.10 Å². The lowest BCUT2D eigenvalue weighted by molar-refractivity contribution is 0.183. The molecule has 1 rings (SSSR count). The van der Waals surface area contributed by atoms with E-state index in [9.17, 15) is 5.11 Å². The first-order valence-electron chi connectivity index (χ1n) is 5.23. The summed E-state index contributed by atoms with van der Waals surface area (Å²) in [6, 6.07) is 0. The lowest BCUT2D eigenvalue weighted by Crippen LogP contribution is -2.41. The molecule has 6 heteroatoms. The topological polar surface area (TPSA) is 58.0 Å². The van der Waals surface area contributed by atoms with Gasteiger partial charge in [-0.25, -0.2) is 0 Å². The SMILES string of the molecule is Cc1nnc(SCC(O)CNC(C)(C)C)s1. The van der Waals surface area contributed by atoms with Crippen molar-refractivity contribution in [3.05, 3.63) is 5.01 Å². The summed E-state index contributed by atoms with van der Waals surface area (Å²) in [5.41, 5.74) is 0.0466. The highest BCUT2D eigenvalue weighted by atomic mass is 32.2. The van der Waals surface area contributed by atoms with Crippen molar-refractivity contribution in [1.82, 2.24) is 15.5 Å². The van der Waals surface area contributed by atoms with Gasteiger partial charge in [-0.1, -0.05) is 23.1 Å². The summed E-state index contributed by atoms with van der Waals surface area (Å²) in [6.45, 7) is 8.79. The molecule has 1 aromatic heterocycles. The third-order valence-corrected chi connectivity index (χ3v) is 3.89. The first kappa shape index (κ1) is 13.9. The molecule has 1 unspecified atom stereocenters. The van der Waals surface area contributed by atoms with Crippen LogP contribution in [-0.2, 0) is 0 Å². The van der Waals surface area contributed by atoms with E-state index in [2.05, 4.69) is 36.3 Å². The van der Waals surface area contributed by atoms with Gasteiger partial charge >= 0.3 is 0 Å². The number of hydrogen-bond donors (Lipinski definition) is 2. The molecule has 0 aliphatic heterocycles. The molecule has 16 heavy (non-hydrogen) atoms. The number of nitrogens with one attached hydrogen (secondary N) is 1. The Kier molecular flexibility index (Phi) is 5.17. The zero-order chi connectivity index (χ0) is 12.2. The van der Waals surface area contributed by atoms with Crippen LogP contribution in [0.4, 0.5) is 0 Å². The molecule has 4 nitrogen and oxygen atoms in total. The normalized spacial score (nSPS) is 14.1. The molecular weight excluding hydrogens is 242 g/mol. The van der Waals surface area contributed by atoms with E-state index in [1.54, 1.807) is 23.1 Å². The van der Waals surface area contributed by atoms with Crippen molar-refractivity contribution in [3.8, 4) is 0 Å². The quantitative estimate of drug-likeness (QED) is 0.790. The average Bonchev–Trinajstić information content (AvgIpc) is 2.57. The first-order chi connectivity index (χ1) is 7.37. The Balaban J connectivity index is 2.22. The van der Waals surface area contributed by atoms with Crippen LogP contribution in [-0.4, -0.2) is 39.2 Å². The van der Waals surface area contributed by atoms with Crippen molar-refractivity contribution in [2.75, 3.05) is 12.3 Å². The highest BCUT2D eigenvalue weighted by Gasteiger charge is 2.13. The lowest BCUT2D eigenvalue weighted by atomic mass is 10.1. The largest absolute Gasteiger partial charge is 0.391 e. The van der Waals surface area contributed by atoms with Crippen molar-refractivity contribution in [2.24, 2.45) is 0 Å². The highest BCUT2D eigenvalue weighted by Crippen LogP contribution is 2.22. The Morgan fingerprint density at radius 2 is 2.12 bits per heavy atom. The molecule has 0 spiro atoms. The van der Waals surface area contributed by atoms with Crippen molar-refractivity contribution >= 4 is 23.1 Å². The Morgan fingerprint density at radius 1 is 1.44 bits per heavy atom. The molecule has 0 saturated heterocycles. The van der Waals surface area contributed by atoms with Crippen LogP contribution in [0.15, 0.2) is 4.34 Å². The molecule has 1 atom stereocenters. The van der Waals surface area contributed by atoms with Gasteiger partial charge in [-0.15, -0.1) is 10.2 Å². The van der Waals surface area contributed by atoms with Gasteiger partial charge in [-0.2, -0.15) is 0 Å². The van der Waals surface area contributed by atoms with E-state index >= 15 is 0 Å². The zero-order valence-electron chi connectivity index (χ0n) is 10.1. The fourth-order valence-corrected chi connectivity index (χ4v) is 2.76. The van der Waals surface area contributed by atoms with Gasteiger partial charge in [0, 0.05) is 17.8 Å².